The van der Waals surface area contributed by atoms with E-state index in [9.17, 15) is 13.2 Å². The van der Waals surface area contributed by atoms with Crippen LogP contribution in [-0.4, -0.2) is 37.0 Å². The van der Waals surface area contributed by atoms with Gasteiger partial charge in [0.05, 0.1) is 11.9 Å². The summed E-state index contributed by atoms with van der Waals surface area (Å²) < 4.78 is 42.4. The van der Waals surface area contributed by atoms with Crippen LogP contribution in [0.1, 0.15) is 11.1 Å². The first-order valence-corrected chi connectivity index (χ1v) is 9.14. The summed E-state index contributed by atoms with van der Waals surface area (Å²) in [6, 6.07) is 8.36. The maximum atomic E-state index is 14.8. The predicted molar refractivity (Wildman–Crippen MR) is 108 cm³/mol. The standard InChI is InChI=1S/C19H20F3N5S/c20-14-3-1-12(2-4-14)7-15-11-24-5-6-27(15)18-9-16(21)13(8-17(18)22)10-25-26-19(23)28/h1-4,8-10,15,24H,5-7,11H2,(H3,23,26,28)/b25-10+. The lowest BCUT2D eigenvalue weighted by molar-refractivity contribution is 0.464. The molecule has 28 heavy (non-hydrogen) atoms. The lowest BCUT2D eigenvalue weighted by atomic mass is 10.0. The maximum absolute atomic E-state index is 14.8. The molecule has 0 spiro atoms. The van der Waals surface area contributed by atoms with Crippen LogP contribution in [0.4, 0.5) is 18.9 Å². The molecule has 0 bridgehead atoms. The van der Waals surface area contributed by atoms with E-state index < -0.39 is 11.6 Å². The lowest BCUT2D eigenvalue weighted by Crippen LogP contribution is -2.52. The average molecular weight is 407 g/mol. The summed E-state index contributed by atoms with van der Waals surface area (Å²) in [7, 11) is 0. The van der Waals surface area contributed by atoms with Gasteiger partial charge in [-0.05, 0) is 42.4 Å². The third-order valence-electron chi connectivity index (χ3n) is 4.49. The minimum Gasteiger partial charge on any atom is -0.375 e. The van der Waals surface area contributed by atoms with E-state index in [-0.39, 0.29) is 28.2 Å². The molecular weight excluding hydrogens is 387 g/mol. The second kappa shape index (κ2) is 9.03. The molecule has 2 aromatic carbocycles. The van der Waals surface area contributed by atoms with Gasteiger partial charge in [0.15, 0.2) is 5.11 Å². The Kier molecular flexibility index (Phi) is 6.48. The summed E-state index contributed by atoms with van der Waals surface area (Å²) in [4.78, 5) is 1.84. The second-order valence-electron chi connectivity index (χ2n) is 6.44. The summed E-state index contributed by atoms with van der Waals surface area (Å²) in [6.45, 7) is 1.79. The maximum Gasteiger partial charge on any atom is 0.184 e. The van der Waals surface area contributed by atoms with Gasteiger partial charge >= 0.3 is 0 Å². The Hall–Kier alpha value is -2.65. The molecule has 1 unspecified atom stereocenters. The number of hydrogen-bond donors (Lipinski definition) is 3. The monoisotopic (exact) mass is 407 g/mol. The van der Waals surface area contributed by atoms with Crippen LogP contribution in [-0.2, 0) is 6.42 Å². The van der Waals surface area contributed by atoms with Crippen LogP contribution >= 0.6 is 12.2 Å². The zero-order chi connectivity index (χ0) is 20.1. The fraction of sp³-hybridized carbons (Fsp3) is 0.263. The van der Waals surface area contributed by atoms with Crippen molar-refractivity contribution in [1.29, 1.82) is 0 Å². The Balaban J connectivity index is 1.82. The van der Waals surface area contributed by atoms with Crippen molar-refractivity contribution < 1.29 is 13.2 Å². The minimum absolute atomic E-state index is 0.0183. The number of nitrogens with two attached hydrogens (primary N) is 1. The van der Waals surface area contributed by atoms with Crippen molar-refractivity contribution in [3.05, 3.63) is 65.0 Å². The fourth-order valence-electron chi connectivity index (χ4n) is 3.19. The third kappa shape index (κ3) is 4.99. The van der Waals surface area contributed by atoms with Crippen molar-refractivity contribution in [1.82, 2.24) is 10.7 Å². The highest BCUT2D eigenvalue weighted by Crippen LogP contribution is 2.26. The van der Waals surface area contributed by atoms with Crippen LogP contribution in [0.3, 0.4) is 0 Å². The number of rotatable bonds is 5. The van der Waals surface area contributed by atoms with Gasteiger partial charge in [-0.1, -0.05) is 12.1 Å². The van der Waals surface area contributed by atoms with Crippen LogP contribution in [0.2, 0.25) is 0 Å². The SMILES string of the molecule is NC(=S)N/N=C/c1cc(F)c(N2CCNCC2Cc2ccc(F)cc2)cc1F. The normalized spacial score (nSPS) is 17.1. The first-order valence-electron chi connectivity index (χ1n) is 8.73. The molecule has 2 aromatic rings. The van der Waals surface area contributed by atoms with E-state index in [2.05, 4.69) is 28.1 Å². The van der Waals surface area contributed by atoms with E-state index in [0.717, 1.165) is 17.8 Å². The van der Waals surface area contributed by atoms with Crippen LogP contribution in [0, 0.1) is 17.5 Å². The number of nitrogens with zero attached hydrogens (tertiary/aromatic N) is 2. The van der Waals surface area contributed by atoms with Gasteiger partial charge in [-0.3, -0.25) is 5.43 Å². The molecule has 0 amide bonds. The van der Waals surface area contributed by atoms with E-state index in [1.807, 2.05) is 4.90 Å². The van der Waals surface area contributed by atoms with Crippen molar-refractivity contribution in [2.24, 2.45) is 10.8 Å². The third-order valence-corrected chi connectivity index (χ3v) is 4.58. The van der Waals surface area contributed by atoms with Crippen molar-refractivity contribution in [2.45, 2.75) is 12.5 Å². The summed E-state index contributed by atoms with van der Waals surface area (Å²) in [6.07, 6.45) is 1.70. The number of hydrazone groups is 1. The van der Waals surface area contributed by atoms with E-state index in [1.165, 1.54) is 18.2 Å². The molecule has 0 aliphatic carbocycles. The van der Waals surface area contributed by atoms with E-state index in [4.69, 9.17) is 5.73 Å². The second-order valence-corrected chi connectivity index (χ2v) is 6.88. The van der Waals surface area contributed by atoms with Gasteiger partial charge in [0, 0.05) is 37.3 Å². The van der Waals surface area contributed by atoms with Gasteiger partial charge in [0.2, 0.25) is 0 Å². The highest BCUT2D eigenvalue weighted by atomic mass is 32.1. The molecular formula is C19H20F3N5S. The summed E-state index contributed by atoms with van der Waals surface area (Å²) >= 11 is 4.60. The molecule has 4 N–H and O–H groups in total. The first-order chi connectivity index (χ1) is 13.4. The summed E-state index contributed by atoms with van der Waals surface area (Å²) in [5.41, 5.74) is 8.63. The minimum atomic E-state index is -0.607. The molecule has 1 fully saturated rings. The largest absolute Gasteiger partial charge is 0.375 e. The molecule has 1 atom stereocenters. The fourth-order valence-corrected chi connectivity index (χ4v) is 3.24. The van der Waals surface area contributed by atoms with Gasteiger partial charge in [0.25, 0.3) is 0 Å². The molecule has 3 rings (SSSR count). The summed E-state index contributed by atoms with van der Waals surface area (Å²) in [5, 5.41) is 6.85. The van der Waals surface area contributed by atoms with Crippen molar-refractivity contribution >= 4 is 29.2 Å². The topological polar surface area (TPSA) is 65.7 Å². The molecule has 9 heteroatoms. The highest BCUT2D eigenvalue weighted by molar-refractivity contribution is 7.80. The first kappa shape index (κ1) is 20.1. The van der Waals surface area contributed by atoms with Crippen molar-refractivity contribution in [3.8, 4) is 0 Å². The van der Waals surface area contributed by atoms with Crippen LogP contribution < -0.4 is 21.4 Å². The quantitative estimate of drug-likeness (QED) is 0.403. The van der Waals surface area contributed by atoms with E-state index in [0.29, 0.717) is 26.1 Å². The zero-order valence-corrected chi connectivity index (χ0v) is 15.8. The number of hydrogen-bond acceptors (Lipinski definition) is 4. The molecule has 1 heterocycles. The van der Waals surface area contributed by atoms with Crippen LogP contribution in [0.25, 0.3) is 0 Å². The predicted octanol–water partition coefficient (Wildman–Crippen LogP) is 2.29. The van der Waals surface area contributed by atoms with Crippen LogP contribution in [0.5, 0.6) is 0 Å². The number of anilines is 1. The highest BCUT2D eigenvalue weighted by Gasteiger charge is 2.26. The van der Waals surface area contributed by atoms with E-state index >= 15 is 0 Å². The number of halogens is 3. The van der Waals surface area contributed by atoms with Crippen molar-refractivity contribution in [3.63, 3.8) is 0 Å². The molecule has 1 aliphatic heterocycles. The average Bonchev–Trinajstić information content (AvgIpc) is 2.66. The van der Waals surface area contributed by atoms with Gasteiger partial charge in [-0.2, -0.15) is 5.10 Å². The molecule has 0 aromatic heterocycles. The Bertz CT molecular complexity index is 873. The Morgan fingerprint density at radius 2 is 2.00 bits per heavy atom. The number of nitrogens with one attached hydrogen (secondary N) is 2. The van der Waals surface area contributed by atoms with Crippen LogP contribution in [0.15, 0.2) is 41.5 Å². The summed E-state index contributed by atoms with van der Waals surface area (Å²) in [5.74, 6) is -1.47. The van der Waals surface area contributed by atoms with Gasteiger partial charge in [0.1, 0.15) is 17.5 Å². The van der Waals surface area contributed by atoms with Gasteiger partial charge < -0.3 is 16.0 Å². The Morgan fingerprint density at radius 1 is 1.25 bits per heavy atom. The Labute approximate surface area is 166 Å². The van der Waals surface area contributed by atoms with Gasteiger partial charge in [-0.15, -0.1) is 0 Å². The molecule has 1 saturated heterocycles. The van der Waals surface area contributed by atoms with Gasteiger partial charge in [-0.25, -0.2) is 13.2 Å². The number of thiocarbonyl (C=S) groups is 1. The molecule has 0 saturated carbocycles. The molecule has 0 radical (unpaired) electrons. The smallest absolute Gasteiger partial charge is 0.184 e. The van der Waals surface area contributed by atoms with Crippen molar-refractivity contribution in [2.75, 3.05) is 24.5 Å². The number of benzene rings is 2. The Morgan fingerprint density at radius 3 is 2.71 bits per heavy atom. The lowest BCUT2D eigenvalue weighted by Gasteiger charge is -2.38. The molecule has 148 valence electrons. The molecule has 1 aliphatic rings. The zero-order valence-electron chi connectivity index (χ0n) is 15.0. The van der Waals surface area contributed by atoms with E-state index in [1.54, 1.807) is 12.1 Å². The molecule has 5 nitrogen and oxygen atoms in total. The number of piperazine rings is 1.